The minimum Gasteiger partial charge on any atom is -0.489 e. The number of hydrogen-bond donors (Lipinski definition) is 1. The first kappa shape index (κ1) is 22.7. The molecule has 1 N–H and O–H groups in total. The van der Waals surface area contributed by atoms with Crippen LogP contribution in [-0.2, 0) is 6.61 Å². The number of aromatic nitrogens is 2. The highest BCUT2D eigenvalue weighted by molar-refractivity contribution is 5.96. The quantitative estimate of drug-likeness (QED) is 0.383. The lowest BCUT2D eigenvalue weighted by Gasteiger charge is -2.17. The average molecular weight is 442 g/mol. The molecule has 0 saturated carbocycles. The topological polar surface area (TPSA) is 64.1 Å². The van der Waals surface area contributed by atoms with Crippen LogP contribution in [0.25, 0.3) is 21.8 Å². The van der Waals surface area contributed by atoms with Gasteiger partial charge in [-0.05, 0) is 71.8 Å². The van der Waals surface area contributed by atoms with Crippen molar-refractivity contribution in [3.8, 4) is 5.75 Å². The summed E-state index contributed by atoms with van der Waals surface area (Å²) in [5.74, 6) is 1.21. The van der Waals surface area contributed by atoms with Crippen LogP contribution in [0, 0.1) is 6.92 Å². The molecule has 0 aliphatic rings. The highest BCUT2D eigenvalue weighted by Crippen LogP contribution is 2.31. The average Bonchev–Trinajstić information content (AvgIpc) is 2.80. The van der Waals surface area contributed by atoms with Gasteiger partial charge in [0.15, 0.2) is 0 Å². The van der Waals surface area contributed by atoms with Crippen molar-refractivity contribution in [3.63, 3.8) is 0 Å². The van der Waals surface area contributed by atoms with Gasteiger partial charge in [0, 0.05) is 23.5 Å². The van der Waals surface area contributed by atoms with E-state index in [2.05, 4.69) is 67.2 Å². The molecule has 1 amide bonds. The first-order valence-corrected chi connectivity index (χ1v) is 11.5. The molecule has 0 unspecified atom stereocenters. The molecule has 2 heterocycles. The predicted molar refractivity (Wildman–Crippen MR) is 134 cm³/mol. The molecule has 170 valence electrons. The summed E-state index contributed by atoms with van der Waals surface area (Å²) in [5.41, 5.74) is 6.80. The summed E-state index contributed by atoms with van der Waals surface area (Å²) in [5, 5.41) is 4.86. The van der Waals surface area contributed by atoms with E-state index < -0.39 is 0 Å². The third kappa shape index (κ3) is 4.54. The van der Waals surface area contributed by atoms with E-state index in [9.17, 15) is 4.79 Å². The Kier molecular flexibility index (Phi) is 6.32. The highest BCUT2D eigenvalue weighted by atomic mass is 16.5. The molecule has 0 radical (unpaired) electrons. The second-order valence-corrected chi connectivity index (χ2v) is 9.11. The molecule has 2 aromatic heterocycles. The fourth-order valence-electron chi connectivity index (χ4n) is 4.39. The molecule has 0 fully saturated rings. The van der Waals surface area contributed by atoms with Gasteiger partial charge in [0.1, 0.15) is 18.1 Å². The van der Waals surface area contributed by atoms with Crippen LogP contribution >= 0.6 is 0 Å². The number of nitrogens with zero attached hydrogens (tertiary/aromatic N) is 2. The van der Waals surface area contributed by atoms with Gasteiger partial charge in [-0.2, -0.15) is 0 Å². The monoisotopic (exact) mass is 441 g/mol. The molecule has 0 atom stereocenters. The Morgan fingerprint density at radius 1 is 0.909 bits per heavy atom. The summed E-state index contributed by atoms with van der Waals surface area (Å²) >= 11 is 0. The molecule has 0 spiro atoms. The molecule has 0 saturated heterocycles. The Balaban J connectivity index is 1.69. The lowest BCUT2D eigenvalue weighted by atomic mass is 9.93. The van der Waals surface area contributed by atoms with Gasteiger partial charge in [-0.25, -0.2) is 4.98 Å². The molecule has 2 aromatic carbocycles. The zero-order valence-corrected chi connectivity index (χ0v) is 20.2. The molecule has 5 nitrogen and oxygen atoms in total. The maximum atomic E-state index is 12.2. The van der Waals surface area contributed by atoms with Crippen LogP contribution in [0.4, 0.5) is 0 Å². The van der Waals surface area contributed by atoms with Crippen LogP contribution in [-0.4, -0.2) is 22.9 Å². The first-order chi connectivity index (χ1) is 15.8. The van der Waals surface area contributed by atoms with Gasteiger partial charge in [0.05, 0.1) is 11.0 Å². The lowest BCUT2D eigenvalue weighted by molar-refractivity contribution is 0.0958. The van der Waals surface area contributed by atoms with Crippen molar-refractivity contribution in [2.24, 2.45) is 0 Å². The van der Waals surface area contributed by atoms with Crippen molar-refractivity contribution in [2.45, 2.75) is 53.1 Å². The number of aryl methyl sites for hydroxylation is 1. The number of carbonyl (C=O) groups is 1. The van der Waals surface area contributed by atoms with Gasteiger partial charge in [-0.15, -0.1) is 0 Å². The Morgan fingerprint density at radius 3 is 2.33 bits per heavy atom. The van der Waals surface area contributed by atoms with Gasteiger partial charge >= 0.3 is 0 Å². The summed E-state index contributed by atoms with van der Waals surface area (Å²) in [7, 11) is 1.62. The summed E-state index contributed by atoms with van der Waals surface area (Å²) in [6.45, 7) is 11.1. The maximum absolute atomic E-state index is 12.2. The number of amides is 1. The lowest BCUT2D eigenvalue weighted by Crippen LogP contribution is -2.19. The summed E-state index contributed by atoms with van der Waals surface area (Å²) in [6.07, 6.45) is 0. The molecule has 0 bridgehead atoms. The first-order valence-electron chi connectivity index (χ1n) is 11.5. The third-order valence-electron chi connectivity index (χ3n) is 6.01. The van der Waals surface area contributed by atoms with Crippen LogP contribution in [0.2, 0.25) is 0 Å². The molecular formula is C28H31N3O2. The fourth-order valence-corrected chi connectivity index (χ4v) is 4.39. The van der Waals surface area contributed by atoms with Gasteiger partial charge in [0.25, 0.3) is 5.91 Å². The van der Waals surface area contributed by atoms with E-state index >= 15 is 0 Å². The molecule has 33 heavy (non-hydrogen) atoms. The smallest absolute Gasteiger partial charge is 0.269 e. The van der Waals surface area contributed by atoms with Crippen LogP contribution in [0.5, 0.6) is 5.75 Å². The van der Waals surface area contributed by atoms with Gasteiger partial charge < -0.3 is 10.1 Å². The molecule has 0 aliphatic carbocycles. The van der Waals surface area contributed by atoms with Crippen molar-refractivity contribution in [1.29, 1.82) is 0 Å². The van der Waals surface area contributed by atoms with E-state index in [0.717, 1.165) is 33.4 Å². The van der Waals surface area contributed by atoms with E-state index in [4.69, 9.17) is 4.74 Å². The number of fused-ring (bicyclic) bond motifs is 2. The molecular weight excluding hydrogens is 410 g/mol. The number of benzene rings is 2. The van der Waals surface area contributed by atoms with Crippen LogP contribution in [0.15, 0.2) is 48.5 Å². The van der Waals surface area contributed by atoms with E-state index in [1.165, 1.54) is 16.5 Å². The number of ether oxygens (including phenoxy) is 1. The number of nitrogens with one attached hydrogen (secondary N) is 1. The summed E-state index contributed by atoms with van der Waals surface area (Å²) in [6, 6.07) is 16.2. The number of rotatable bonds is 6. The highest BCUT2D eigenvalue weighted by Gasteiger charge is 2.15. The largest absolute Gasteiger partial charge is 0.489 e. The molecule has 5 heteroatoms. The van der Waals surface area contributed by atoms with Gasteiger partial charge in [0.2, 0.25) is 0 Å². The normalized spacial score (nSPS) is 11.5. The van der Waals surface area contributed by atoms with Crippen molar-refractivity contribution >= 4 is 27.7 Å². The second-order valence-electron chi connectivity index (χ2n) is 9.11. The zero-order chi connectivity index (χ0) is 23.7. The van der Waals surface area contributed by atoms with Crippen molar-refractivity contribution in [1.82, 2.24) is 15.3 Å². The van der Waals surface area contributed by atoms with E-state index in [0.29, 0.717) is 18.2 Å². The third-order valence-corrected chi connectivity index (χ3v) is 6.01. The van der Waals surface area contributed by atoms with Gasteiger partial charge in [-0.3, -0.25) is 9.78 Å². The number of hydrogen-bond acceptors (Lipinski definition) is 4. The number of pyridine rings is 2. The standard InChI is InChI=1S/C28H31N3O2/c1-16(2)22-14-26(28(32)29-6)31-25-12-9-20(13-23(22)25)33-15-19-8-11-24-21(27(19)17(3)4)10-7-18(5)30-24/h7-14,16-17H,15H2,1-6H3,(H,29,32). The van der Waals surface area contributed by atoms with Gasteiger partial charge in [-0.1, -0.05) is 39.8 Å². The molecule has 4 rings (SSSR count). The minimum atomic E-state index is -0.179. The second kappa shape index (κ2) is 9.18. The fraction of sp³-hybridized carbons (Fsp3) is 0.321. The minimum absolute atomic E-state index is 0.179. The SMILES string of the molecule is CNC(=O)c1cc(C(C)C)c2cc(OCc3ccc4nc(C)ccc4c3C(C)C)ccc2n1. The summed E-state index contributed by atoms with van der Waals surface area (Å²) in [4.78, 5) is 21.4. The Morgan fingerprint density at radius 2 is 1.64 bits per heavy atom. The molecule has 4 aromatic rings. The van der Waals surface area contributed by atoms with E-state index in [-0.39, 0.29) is 11.8 Å². The molecule has 0 aliphatic heterocycles. The zero-order valence-electron chi connectivity index (χ0n) is 20.2. The Hall–Kier alpha value is -3.47. The van der Waals surface area contributed by atoms with Crippen LogP contribution in [0.1, 0.15) is 72.4 Å². The van der Waals surface area contributed by atoms with E-state index in [1.807, 2.05) is 31.2 Å². The van der Waals surface area contributed by atoms with Crippen LogP contribution in [0.3, 0.4) is 0 Å². The van der Waals surface area contributed by atoms with Crippen LogP contribution < -0.4 is 10.1 Å². The van der Waals surface area contributed by atoms with Crippen molar-refractivity contribution in [3.05, 3.63) is 76.6 Å². The van der Waals surface area contributed by atoms with E-state index in [1.54, 1.807) is 7.05 Å². The predicted octanol–water partition coefficient (Wildman–Crippen LogP) is 6.28. The number of carbonyl (C=O) groups excluding carboxylic acids is 1. The Labute approximate surface area is 195 Å². The maximum Gasteiger partial charge on any atom is 0.269 e. The summed E-state index contributed by atoms with van der Waals surface area (Å²) < 4.78 is 6.27. The Bertz CT molecular complexity index is 1340. The van der Waals surface area contributed by atoms with Crippen molar-refractivity contribution < 1.29 is 9.53 Å². The van der Waals surface area contributed by atoms with Crippen molar-refractivity contribution in [2.75, 3.05) is 7.05 Å².